The summed E-state index contributed by atoms with van der Waals surface area (Å²) < 4.78 is 13.4. The van der Waals surface area contributed by atoms with E-state index in [9.17, 15) is 4.79 Å². The van der Waals surface area contributed by atoms with E-state index < -0.39 is 0 Å². The summed E-state index contributed by atoms with van der Waals surface area (Å²) in [6.45, 7) is 0.0470. The van der Waals surface area contributed by atoms with Crippen LogP contribution in [0.15, 0.2) is 79.4 Å². The second-order valence-corrected chi connectivity index (χ2v) is 9.13. The van der Waals surface area contributed by atoms with Gasteiger partial charge in [-0.15, -0.1) is 6.42 Å². The minimum atomic E-state index is -0.368. The Morgan fingerprint density at radius 3 is 2.80 bits per heavy atom. The summed E-state index contributed by atoms with van der Waals surface area (Å²) in [5, 5.41) is 6.66. The molecule has 0 N–H and O–H groups in total. The van der Waals surface area contributed by atoms with Crippen molar-refractivity contribution in [2.75, 3.05) is 6.61 Å². The highest BCUT2D eigenvalue weighted by molar-refractivity contribution is 9.10. The number of rotatable bonds is 5. The zero-order valence-electron chi connectivity index (χ0n) is 17.8. The van der Waals surface area contributed by atoms with E-state index in [-0.39, 0.29) is 18.0 Å². The van der Waals surface area contributed by atoms with Crippen LogP contribution in [0.25, 0.3) is 33.5 Å². The van der Waals surface area contributed by atoms with Gasteiger partial charge < -0.3 is 9.15 Å². The molecule has 6 nitrogen and oxygen atoms in total. The van der Waals surface area contributed by atoms with Crippen LogP contribution in [0.5, 0.6) is 5.75 Å². The topological polar surface area (TPSA) is 69.6 Å². The van der Waals surface area contributed by atoms with Crippen molar-refractivity contribution in [2.24, 2.45) is 5.10 Å². The normalized spacial score (nSPS) is 11.4. The van der Waals surface area contributed by atoms with Crippen LogP contribution in [0.2, 0.25) is 10.0 Å². The maximum absolute atomic E-state index is 13.5. The number of furan rings is 1. The molecule has 0 amide bonds. The van der Waals surface area contributed by atoms with Crippen LogP contribution >= 0.6 is 39.1 Å². The number of terminal acetylenes is 1. The Morgan fingerprint density at radius 2 is 1.97 bits per heavy atom. The van der Waals surface area contributed by atoms with E-state index in [2.05, 4.69) is 31.9 Å². The lowest BCUT2D eigenvalue weighted by molar-refractivity contribution is 0.367. The van der Waals surface area contributed by atoms with Crippen molar-refractivity contribution < 1.29 is 9.15 Å². The van der Waals surface area contributed by atoms with Crippen molar-refractivity contribution >= 4 is 67.2 Å². The van der Waals surface area contributed by atoms with Crippen molar-refractivity contribution in [3.63, 3.8) is 0 Å². The van der Waals surface area contributed by atoms with Gasteiger partial charge >= 0.3 is 0 Å². The molecule has 0 fully saturated rings. The average Bonchev–Trinajstić information content (AvgIpc) is 3.25. The van der Waals surface area contributed by atoms with Crippen molar-refractivity contribution in [1.82, 2.24) is 9.66 Å². The number of fused-ring (bicyclic) bond motifs is 2. The van der Waals surface area contributed by atoms with Crippen molar-refractivity contribution in [2.45, 2.75) is 0 Å². The molecule has 0 aliphatic heterocycles. The summed E-state index contributed by atoms with van der Waals surface area (Å²) in [6.07, 6.45) is 6.81. The molecule has 172 valence electrons. The van der Waals surface area contributed by atoms with Gasteiger partial charge in [0.1, 0.15) is 17.9 Å². The molecule has 0 aliphatic carbocycles. The second-order valence-electron chi connectivity index (χ2n) is 7.41. The molecule has 0 atom stereocenters. The minimum absolute atomic E-state index is 0.0470. The molecule has 5 aromatic rings. The molecular formula is C26H14BrCl2N3O3. The highest BCUT2D eigenvalue weighted by atomic mass is 79.9. The first-order chi connectivity index (χ1) is 16.9. The van der Waals surface area contributed by atoms with Gasteiger partial charge in [-0.1, -0.05) is 41.3 Å². The Balaban J connectivity index is 1.72. The molecule has 0 radical (unpaired) electrons. The van der Waals surface area contributed by atoms with Gasteiger partial charge in [0, 0.05) is 21.0 Å². The van der Waals surface area contributed by atoms with Crippen molar-refractivity contribution in [3.8, 4) is 29.7 Å². The summed E-state index contributed by atoms with van der Waals surface area (Å²) in [5.41, 5.74) is 1.27. The highest BCUT2D eigenvalue weighted by Gasteiger charge is 2.17. The number of hydrogen-bond acceptors (Lipinski definition) is 5. The summed E-state index contributed by atoms with van der Waals surface area (Å²) in [4.78, 5) is 18.1. The molecule has 2 aromatic heterocycles. The maximum atomic E-state index is 13.5. The smallest absolute Gasteiger partial charge is 0.282 e. The Bertz CT molecular complexity index is 1730. The molecule has 35 heavy (non-hydrogen) atoms. The van der Waals surface area contributed by atoms with Crippen molar-refractivity contribution in [1.29, 1.82) is 0 Å². The standard InChI is InChI=1S/C26H14BrCl2N3O3/c1-2-9-34-24-16(11-18(29)13-20(24)27)14-30-32-25(31-21-6-4-3-5-19(21)26(32)33)23-12-15-10-17(28)7-8-22(15)35-23/h1,3-8,10-14H,9H2. The van der Waals surface area contributed by atoms with E-state index >= 15 is 0 Å². The fourth-order valence-corrected chi connectivity index (χ4v) is 4.71. The fraction of sp³-hybridized carbons (Fsp3) is 0.0385. The lowest BCUT2D eigenvalue weighted by Crippen LogP contribution is -2.20. The molecule has 9 heteroatoms. The molecule has 0 unspecified atom stereocenters. The SMILES string of the molecule is C#CCOc1c(Br)cc(Cl)cc1C=Nn1c(-c2cc3cc(Cl)ccc3o2)nc2ccccc2c1=O. The quantitative estimate of drug-likeness (QED) is 0.174. The zero-order valence-corrected chi connectivity index (χ0v) is 20.9. The lowest BCUT2D eigenvalue weighted by atomic mass is 10.2. The molecule has 0 bridgehead atoms. The third-order valence-corrected chi connectivity index (χ3v) is 6.14. The number of aromatic nitrogens is 2. The van der Waals surface area contributed by atoms with Gasteiger partial charge in [-0.25, -0.2) is 4.98 Å². The second kappa shape index (κ2) is 9.59. The van der Waals surface area contributed by atoms with Crippen LogP contribution in [0, 0.1) is 12.3 Å². The van der Waals surface area contributed by atoms with E-state index in [1.54, 1.807) is 54.6 Å². The summed E-state index contributed by atoms with van der Waals surface area (Å²) >= 11 is 15.8. The predicted molar refractivity (Wildman–Crippen MR) is 143 cm³/mol. The van der Waals surface area contributed by atoms with Gasteiger partial charge in [0.15, 0.2) is 5.76 Å². The first-order valence-electron chi connectivity index (χ1n) is 10.3. The average molecular weight is 567 g/mol. The maximum Gasteiger partial charge on any atom is 0.282 e. The minimum Gasteiger partial charge on any atom is -0.479 e. The molecule has 3 aromatic carbocycles. The monoisotopic (exact) mass is 565 g/mol. The lowest BCUT2D eigenvalue weighted by Gasteiger charge is -2.10. The Kier molecular flexibility index (Phi) is 6.35. The molecule has 0 spiro atoms. The van der Waals surface area contributed by atoms with Gasteiger partial charge in [0.25, 0.3) is 5.56 Å². The number of para-hydroxylation sites is 1. The Hall–Kier alpha value is -3.57. The van der Waals surface area contributed by atoms with Gasteiger partial charge in [0.05, 0.1) is 21.6 Å². The first-order valence-corrected chi connectivity index (χ1v) is 11.8. The van der Waals surface area contributed by atoms with Crippen LogP contribution < -0.4 is 10.3 Å². The van der Waals surface area contributed by atoms with Crippen LogP contribution in [-0.4, -0.2) is 22.5 Å². The number of ether oxygens (including phenoxy) is 1. The van der Waals surface area contributed by atoms with Crippen molar-refractivity contribution in [3.05, 3.63) is 91.1 Å². The fourth-order valence-electron chi connectivity index (χ4n) is 3.58. The summed E-state index contributed by atoms with van der Waals surface area (Å²) in [5.74, 6) is 3.46. The highest BCUT2D eigenvalue weighted by Crippen LogP contribution is 2.32. The summed E-state index contributed by atoms with van der Waals surface area (Å²) in [7, 11) is 0. The molecule has 0 aliphatic rings. The molecule has 0 saturated heterocycles. The third kappa shape index (κ3) is 4.56. The van der Waals surface area contributed by atoms with Crippen LogP contribution in [0.1, 0.15) is 5.56 Å². The van der Waals surface area contributed by atoms with Crippen LogP contribution in [0.3, 0.4) is 0 Å². The number of halogens is 3. The molecule has 0 saturated carbocycles. The van der Waals surface area contributed by atoms with E-state index in [1.165, 1.54) is 10.9 Å². The van der Waals surface area contributed by atoms with E-state index in [1.807, 2.05) is 6.07 Å². The van der Waals surface area contributed by atoms with Gasteiger partial charge in [0.2, 0.25) is 5.82 Å². The molecular weight excluding hydrogens is 553 g/mol. The predicted octanol–water partition coefficient (Wildman–Crippen LogP) is 6.77. The third-order valence-electron chi connectivity index (χ3n) is 5.10. The zero-order chi connectivity index (χ0) is 24.5. The van der Waals surface area contributed by atoms with Gasteiger partial charge in [-0.3, -0.25) is 4.79 Å². The van der Waals surface area contributed by atoms with Crippen LogP contribution in [-0.2, 0) is 0 Å². The van der Waals surface area contributed by atoms with Gasteiger partial charge in [-0.05, 0) is 64.5 Å². The number of benzene rings is 3. The first kappa shape index (κ1) is 23.2. The molecule has 2 heterocycles. The number of hydrogen-bond donors (Lipinski definition) is 0. The molecule has 5 rings (SSSR count). The summed E-state index contributed by atoms with van der Waals surface area (Å²) in [6, 6.07) is 17.4. The Labute approximate surface area is 217 Å². The van der Waals surface area contributed by atoms with Gasteiger partial charge in [-0.2, -0.15) is 9.78 Å². The van der Waals surface area contributed by atoms with E-state index in [4.69, 9.17) is 38.8 Å². The van der Waals surface area contributed by atoms with E-state index in [0.29, 0.717) is 48.1 Å². The Morgan fingerprint density at radius 1 is 1.14 bits per heavy atom. The van der Waals surface area contributed by atoms with E-state index in [0.717, 1.165) is 5.39 Å². The largest absolute Gasteiger partial charge is 0.479 e. The number of nitrogens with zero attached hydrogens (tertiary/aromatic N) is 3. The van der Waals surface area contributed by atoms with Crippen LogP contribution in [0.4, 0.5) is 0 Å².